The van der Waals surface area contributed by atoms with Crippen molar-refractivity contribution in [2.75, 3.05) is 12.8 Å². The fourth-order valence-corrected chi connectivity index (χ4v) is 4.77. The minimum Gasteiger partial charge on any atom is -0.316 e. The number of sulfone groups is 1. The molecule has 0 heterocycles. The van der Waals surface area contributed by atoms with Gasteiger partial charge in [0.15, 0.2) is 9.84 Å². The van der Waals surface area contributed by atoms with Crippen LogP contribution in [0.5, 0.6) is 0 Å². The van der Waals surface area contributed by atoms with Crippen LogP contribution in [0.15, 0.2) is 0 Å². The van der Waals surface area contributed by atoms with Crippen LogP contribution in [0.4, 0.5) is 0 Å². The third-order valence-electron chi connectivity index (χ3n) is 3.57. The number of nitrogens with one attached hydrogen (secondary N) is 1. The Morgan fingerprint density at radius 2 is 1.88 bits per heavy atom. The maximum atomic E-state index is 12.2. The first-order chi connectivity index (χ1) is 7.61. The summed E-state index contributed by atoms with van der Waals surface area (Å²) in [5.41, 5.74) is 0. The Morgan fingerprint density at radius 1 is 1.19 bits per heavy atom. The predicted octanol–water partition coefficient (Wildman–Crippen LogP) is 2.12. The summed E-state index contributed by atoms with van der Waals surface area (Å²) in [6, 6.07) is 0.181. The molecule has 1 aliphatic rings. The number of rotatable bonds is 6. The summed E-state index contributed by atoms with van der Waals surface area (Å²) >= 11 is 0. The van der Waals surface area contributed by atoms with E-state index in [2.05, 4.69) is 12.2 Å². The van der Waals surface area contributed by atoms with Gasteiger partial charge in [-0.3, -0.25) is 0 Å². The van der Waals surface area contributed by atoms with Gasteiger partial charge in [-0.1, -0.05) is 32.6 Å². The van der Waals surface area contributed by atoms with Gasteiger partial charge < -0.3 is 5.32 Å². The Morgan fingerprint density at radius 3 is 2.50 bits per heavy atom. The third-order valence-corrected chi connectivity index (χ3v) is 5.91. The monoisotopic (exact) mass is 247 g/mol. The van der Waals surface area contributed by atoms with Crippen LogP contribution in [0.1, 0.15) is 51.9 Å². The summed E-state index contributed by atoms with van der Waals surface area (Å²) < 4.78 is 24.4. The van der Waals surface area contributed by atoms with E-state index in [9.17, 15) is 8.42 Å². The summed E-state index contributed by atoms with van der Waals surface area (Å²) in [5.74, 6) is 0.379. The normalized spacial score (nSPS) is 26.9. The van der Waals surface area contributed by atoms with E-state index in [1.165, 1.54) is 0 Å². The van der Waals surface area contributed by atoms with Crippen molar-refractivity contribution in [1.82, 2.24) is 5.32 Å². The van der Waals surface area contributed by atoms with Crippen LogP contribution in [0.3, 0.4) is 0 Å². The van der Waals surface area contributed by atoms with E-state index in [-0.39, 0.29) is 11.3 Å². The van der Waals surface area contributed by atoms with E-state index in [4.69, 9.17) is 0 Å². The lowest BCUT2D eigenvalue weighted by atomic mass is 9.95. The zero-order chi connectivity index (χ0) is 12.0. The van der Waals surface area contributed by atoms with Crippen molar-refractivity contribution < 1.29 is 8.42 Å². The van der Waals surface area contributed by atoms with Gasteiger partial charge in [0.05, 0.1) is 11.0 Å². The maximum absolute atomic E-state index is 12.2. The molecule has 3 nitrogen and oxygen atoms in total. The Balaban J connectivity index is 2.57. The van der Waals surface area contributed by atoms with Crippen LogP contribution in [-0.2, 0) is 9.84 Å². The lowest BCUT2D eigenvalue weighted by Crippen LogP contribution is -2.45. The minimum absolute atomic E-state index is 0.136. The van der Waals surface area contributed by atoms with Crippen molar-refractivity contribution in [3.8, 4) is 0 Å². The second-order valence-electron chi connectivity index (χ2n) is 4.79. The molecule has 2 atom stereocenters. The van der Waals surface area contributed by atoms with Gasteiger partial charge in [-0.15, -0.1) is 0 Å². The molecule has 0 aromatic rings. The molecule has 2 unspecified atom stereocenters. The molecule has 16 heavy (non-hydrogen) atoms. The van der Waals surface area contributed by atoms with Gasteiger partial charge >= 0.3 is 0 Å². The van der Waals surface area contributed by atoms with Crippen LogP contribution in [0, 0.1) is 0 Å². The highest BCUT2D eigenvalue weighted by atomic mass is 32.2. The molecule has 0 aromatic heterocycles. The predicted molar refractivity (Wildman–Crippen MR) is 68.4 cm³/mol. The number of hydrogen-bond acceptors (Lipinski definition) is 3. The summed E-state index contributed by atoms with van der Waals surface area (Å²) in [6.07, 6.45) is 7.01. The second-order valence-corrected chi connectivity index (χ2v) is 7.13. The number of hydrogen-bond donors (Lipinski definition) is 1. The Kier molecular flexibility index (Phi) is 5.76. The van der Waals surface area contributed by atoms with Gasteiger partial charge in [-0.05, 0) is 26.3 Å². The van der Waals surface area contributed by atoms with Crippen molar-refractivity contribution in [3.63, 3.8) is 0 Å². The average Bonchev–Trinajstić information content (AvgIpc) is 2.29. The largest absolute Gasteiger partial charge is 0.316 e. The van der Waals surface area contributed by atoms with E-state index in [0.29, 0.717) is 5.75 Å². The van der Waals surface area contributed by atoms with Crippen LogP contribution in [0.25, 0.3) is 0 Å². The maximum Gasteiger partial charge on any atom is 0.154 e. The van der Waals surface area contributed by atoms with Gasteiger partial charge in [0.2, 0.25) is 0 Å². The quantitative estimate of drug-likeness (QED) is 0.731. The molecule has 4 heteroatoms. The first-order valence-electron chi connectivity index (χ1n) is 6.50. The summed E-state index contributed by atoms with van der Waals surface area (Å²) in [4.78, 5) is 0. The molecular formula is C12H25NO2S. The molecule has 1 saturated carbocycles. The Hall–Kier alpha value is -0.0900. The average molecular weight is 247 g/mol. The Labute approximate surface area is 99.9 Å². The lowest BCUT2D eigenvalue weighted by Gasteiger charge is -2.30. The van der Waals surface area contributed by atoms with E-state index in [1.807, 2.05) is 7.05 Å². The van der Waals surface area contributed by atoms with Crippen molar-refractivity contribution in [2.45, 2.75) is 63.2 Å². The fraction of sp³-hybridized carbons (Fsp3) is 1.00. The van der Waals surface area contributed by atoms with Crippen LogP contribution >= 0.6 is 0 Å². The summed E-state index contributed by atoms with van der Waals surface area (Å²) in [6.45, 7) is 2.10. The molecule has 0 spiro atoms. The molecule has 0 bridgehead atoms. The standard InChI is InChI=1S/C12H25NO2S/c1-3-4-7-10-16(14,15)12-9-6-5-8-11(12)13-2/h11-13H,3-10H2,1-2H3. The highest BCUT2D eigenvalue weighted by molar-refractivity contribution is 7.92. The van der Waals surface area contributed by atoms with Gasteiger partial charge in [0.1, 0.15) is 0 Å². The molecule has 1 rings (SSSR count). The summed E-state index contributed by atoms with van der Waals surface area (Å²) in [7, 11) is -1.000. The van der Waals surface area contributed by atoms with Crippen molar-refractivity contribution in [1.29, 1.82) is 0 Å². The molecule has 0 amide bonds. The molecule has 1 N–H and O–H groups in total. The van der Waals surface area contributed by atoms with Crippen molar-refractivity contribution >= 4 is 9.84 Å². The first kappa shape index (κ1) is 14.0. The van der Waals surface area contributed by atoms with Crippen molar-refractivity contribution in [3.05, 3.63) is 0 Å². The van der Waals surface area contributed by atoms with Crippen LogP contribution < -0.4 is 5.32 Å². The minimum atomic E-state index is -2.88. The fourth-order valence-electron chi connectivity index (χ4n) is 2.56. The van der Waals surface area contributed by atoms with Gasteiger partial charge in [0, 0.05) is 6.04 Å². The van der Waals surface area contributed by atoms with E-state index in [1.54, 1.807) is 0 Å². The smallest absolute Gasteiger partial charge is 0.154 e. The van der Waals surface area contributed by atoms with E-state index in [0.717, 1.165) is 44.9 Å². The Bertz CT molecular complexity index is 287. The zero-order valence-corrected chi connectivity index (χ0v) is 11.4. The zero-order valence-electron chi connectivity index (χ0n) is 10.5. The first-order valence-corrected chi connectivity index (χ1v) is 8.22. The van der Waals surface area contributed by atoms with Gasteiger partial charge in [-0.2, -0.15) is 0 Å². The SMILES string of the molecule is CCCCCS(=O)(=O)C1CCCCC1NC. The molecule has 1 fully saturated rings. The second kappa shape index (κ2) is 6.60. The highest BCUT2D eigenvalue weighted by Crippen LogP contribution is 2.25. The molecule has 96 valence electrons. The highest BCUT2D eigenvalue weighted by Gasteiger charge is 2.33. The molecular weight excluding hydrogens is 222 g/mol. The third kappa shape index (κ3) is 3.74. The molecule has 1 aliphatic carbocycles. The van der Waals surface area contributed by atoms with Crippen molar-refractivity contribution in [2.24, 2.45) is 0 Å². The molecule has 0 saturated heterocycles. The van der Waals surface area contributed by atoms with Crippen LogP contribution in [-0.4, -0.2) is 32.5 Å². The topological polar surface area (TPSA) is 46.2 Å². The molecule has 0 aromatic carbocycles. The van der Waals surface area contributed by atoms with Gasteiger partial charge in [0.25, 0.3) is 0 Å². The van der Waals surface area contributed by atoms with Crippen LogP contribution in [0.2, 0.25) is 0 Å². The van der Waals surface area contributed by atoms with E-state index >= 15 is 0 Å². The van der Waals surface area contributed by atoms with Gasteiger partial charge in [-0.25, -0.2) is 8.42 Å². The lowest BCUT2D eigenvalue weighted by molar-refractivity contribution is 0.389. The molecule has 0 aliphatic heterocycles. The van der Waals surface area contributed by atoms with E-state index < -0.39 is 9.84 Å². The number of unbranched alkanes of at least 4 members (excludes halogenated alkanes) is 2. The summed E-state index contributed by atoms with van der Waals surface area (Å²) in [5, 5.41) is 3.04. The molecule has 0 radical (unpaired) electrons.